The van der Waals surface area contributed by atoms with Crippen LogP contribution in [0.4, 0.5) is 5.82 Å². The van der Waals surface area contributed by atoms with E-state index >= 15 is 0 Å². The number of sulfonamides is 1. The molecule has 0 saturated heterocycles. The van der Waals surface area contributed by atoms with Crippen LogP contribution < -0.4 is 15.8 Å². The molecule has 1 amide bonds. The Morgan fingerprint density at radius 2 is 2.16 bits per heavy atom. The molecule has 1 heterocycles. The summed E-state index contributed by atoms with van der Waals surface area (Å²) in [6.07, 6.45) is 3.07. The highest BCUT2D eigenvalue weighted by atomic mass is 79.9. The van der Waals surface area contributed by atoms with Crippen molar-refractivity contribution < 1.29 is 13.2 Å². The summed E-state index contributed by atoms with van der Waals surface area (Å²) in [7, 11) is -3.19. The molecule has 0 unspecified atom stereocenters. The van der Waals surface area contributed by atoms with Gasteiger partial charge in [-0.05, 0) is 28.4 Å². The lowest BCUT2D eigenvalue weighted by molar-refractivity contribution is 0.0954. The molecule has 0 radical (unpaired) electrons. The largest absolute Gasteiger partial charge is 0.383 e. The molecule has 106 valence electrons. The van der Waals surface area contributed by atoms with Crippen LogP contribution in [0.1, 0.15) is 16.8 Å². The van der Waals surface area contributed by atoms with Crippen LogP contribution in [-0.4, -0.2) is 38.7 Å². The van der Waals surface area contributed by atoms with E-state index in [1.165, 1.54) is 6.20 Å². The smallest absolute Gasteiger partial charge is 0.255 e. The minimum atomic E-state index is -3.19. The summed E-state index contributed by atoms with van der Waals surface area (Å²) < 4.78 is 24.6. The highest BCUT2D eigenvalue weighted by Crippen LogP contribution is 2.15. The highest BCUT2D eigenvalue weighted by Gasteiger charge is 2.10. The van der Waals surface area contributed by atoms with Crippen molar-refractivity contribution in [2.75, 3.05) is 25.1 Å². The first kappa shape index (κ1) is 15.9. The zero-order valence-corrected chi connectivity index (χ0v) is 12.7. The predicted octanol–water partition coefficient (Wildman–Crippen LogP) is 0.0954. The topological polar surface area (TPSA) is 114 Å². The molecule has 19 heavy (non-hydrogen) atoms. The third-order valence-electron chi connectivity index (χ3n) is 2.13. The molecule has 9 heteroatoms. The van der Waals surface area contributed by atoms with Gasteiger partial charge in [0.1, 0.15) is 5.82 Å². The van der Waals surface area contributed by atoms with E-state index < -0.39 is 10.0 Å². The number of hydrogen-bond donors (Lipinski definition) is 3. The molecule has 0 atom stereocenters. The average Bonchev–Trinajstić information content (AvgIpc) is 2.30. The van der Waals surface area contributed by atoms with Crippen LogP contribution in [0.15, 0.2) is 16.7 Å². The van der Waals surface area contributed by atoms with E-state index in [9.17, 15) is 13.2 Å². The molecule has 4 N–H and O–H groups in total. The zero-order valence-electron chi connectivity index (χ0n) is 10.3. The number of aromatic nitrogens is 1. The van der Waals surface area contributed by atoms with E-state index in [-0.39, 0.29) is 23.8 Å². The van der Waals surface area contributed by atoms with Gasteiger partial charge in [-0.25, -0.2) is 18.1 Å². The maximum Gasteiger partial charge on any atom is 0.255 e. The molecule has 0 aliphatic rings. The molecule has 7 nitrogen and oxygen atoms in total. The molecule has 0 saturated carbocycles. The molecule has 1 aromatic heterocycles. The monoisotopic (exact) mass is 350 g/mol. The number of amides is 1. The van der Waals surface area contributed by atoms with Crippen molar-refractivity contribution in [3.05, 3.63) is 22.3 Å². The van der Waals surface area contributed by atoms with Crippen LogP contribution in [0.2, 0.25) is 0 Å². The van der Waals surface area contributed by atoms with Gasteiger partial charge in [0, 0.05) is 23.8 Å². The molecule has 0 fully saturated rings. The number of nitrogen functional groups attached to an aromatic ring is 1. The number of halogens is 1. The van der Waals surface area contributed by atoms with Crippen molar-refractivity contribution in [1.82, 2.24) is 15.0 Å². The Hall–Kier alpha value is -1.19. The summed E-state index contributed by atoms with van der Waals surface area (Å²) in [6, 6.07) is 1.58. The number of carbonyl (C=O) groups is 1. The van der Waals surface area contributed by atoms with Crippen molar-refractivity contribution >= 4 is 37.7 Å². The predicted molar refractivity (Wildman–Crippen MR) is 76.1 cm³/mol. The fourth-order valence-corrected chi connectivity index (χ4v) is 2.12. The maximum absolute atomic E-state index is 11.8. The van der Waals surface area contributed by atoms with E-state index in [4.69, 9.17) is 5.73 Å². The van der Waals surface area contributed by atoms with Crippen LogP contribution in [0.3, 0.4) is 0 Å². The number of nitrogens with zero attached hydrogens (tertiary/aromatic N) is 1. The van der Waals surface area contributed by atoms with E-state index in [2.05, 4.69) is 31.0 Å². The maximum atomic E-state index is 11.8. The summed E-state index contributed by atoms with van der Waals surface area (Å²) in [4.78, 5) is 15.6. The number of hydrogen-bond acceptors (Lipinski definition) is 5. The molecule has 1 rings (SSSR count). The summed E-state index contributed by atoms with van der Waals surface area (Å²) >= 11 is 3.20. The lowest BCUT2D eigenvalue weighted by Crippen LogP contribution is -2.29. The van der Waals surface area contributed by atoms with Crippen LogP contribution in [0.25, 0.3) is 0 Å². The third kappa shape index (κ3) is 5.99. The van der Waals surface area contributed by atoms with E-state index in [0.717, 1.165) is 6.26 Å². The minimum Gasteiger partial charge on any atom is -0.383 e. The van der Waals surface area contributed by atoms with Gasteiger partial charge in [-0.2, -0.15) is 0 Å². The number of nitrogens with one attached hydrogen (secondary N) is 2. The molecular formula is C10H15BrN4O3S. The number of rotatable bonds is 6. The molecular weight excluding hydrogens is 336 g/mol. The van der Waals surface area contributed by atoms with Crippen LogP contribution >= 0.6 is 15.9 Å². The van der Waals surface area contributed by atoms with Crippen molar-refractivity contribution in [3.8, 4) is 0 Å². The number of anilines is 1. The van der Waals surface area contributed by atoms with E-state index in [0.29, 0.717) is 17.4 Å². The molecule has 1 aromatic rings. The summed E-state index contributed by atoms with van der Waals surface area (Å²) in [5, 5.41) is 2.64. The SMILES string of the molecule is CS(=O)(=O)NCCCNC(=O)c1cc(Br)cnc1N. The van der Waals surface area contributed by atoms with Crippen LogP contribution in [0, 0.1) is 0 Å². The Morgan fingerprint density at radius 3 is 2.79 bits per heavy atom. The fourth-order valence-electron chi connectivity index (χ4n) is 1.27. The van der Waals surface area contributed by atoms with Gasteiger partial charge in [0.05, 0.1) is 11.8 Å². The molecule has 0 aliphatic carbocycles. The Kier molecular flexibility index (Phi) is 5.70. The first-order chi connectivity index (χ1) is 8.79. The second kappa shape index (κ2) is 6.83. The first-order valence-corrected chi connectivity index (χ1v) is 8.12. The van der Waals surface area contributed by atoms with Crippen molar-refractivity contribution in [2.45, 2.75) is 6.42 Å². The Bertz CT molecular complexity index is 562. The van der Waals surface area contributed by atoms with Crippen LogP contribution in [0.5, 0.6) is 0 Å². The Labute approximate surface area is 120 Å². The lowest BCUT2D eigenvalue weighted by Gasteiger charge is -2.07. The average molecular weight is 351 g/mol. The summed E-state index contributed by atoms with van der Waals surface area (Å²) in [5.74, 6) is -0.194. The van der Waals surface area contributed by atoms with Gasteiger partial charge in [-0.3, -0.25) is 4.79 Å². The standard InChI is InChI=1S/C10H15BrN4O3S/c1-19(17,18)15-4-2-3-13-10(16)8-5-7(11)6-14-9(8)12/h5-6,15H,2-4H2,1H3,(H2,12,14)(H,13,16). The molecule has 0 bridgehead atoms. The zero-order chi connectivity index (χ0) is 14.5. The molecule has 0 aromatic carbocycles. The second-order valence-electron chi connectivity index (χ2n) is 3.86. The van der Waals surface area contributed by atoms with Gasteiger partial charge in [-0.15, -0.1) is 0 Å². The van der Waals surface area contributed by atoms with Gasteiger partial charge in [0.25, 0.3) is 5.91 Å². The number of pyridine rings is 1. The normalized spacial score (nSPS) is 11.3. The lowest BCUT2D eigenvalue weighted by atomic mass is 10.2. The van der Waals surface area contributed by atoms with E-state index in [1.807, 2.05) is 0 Å². The summed E-state index contributed by atoms with van der Waals surface area (Å²) in [6.45, 7) is 0.610. The van der Waals surface area contributed by atoms with Gasteiger partial charge < -0.3 is 11.1 Å². The summed E-state index contributed by atoms with van der Waals surface area (Å²) in [5.41, 5.74) is 5.88. The fraction of sp³-hybridized carbons (Fsp3) is 0.400. The van der Waals surface area contributed by atoms with Crippen molar-refractivity contribution in [2.24, 2.45) is 0 Å². The number of carbonyl (C=O) groups excluding carboxylic acids is 1. The Balaban J connectivity index is 2.42. The van der Waals surface area contributed by atoms with Gasteiger partial charge in [0.15, 0.2) is 0 Å². The van der Waals surface area contributed by atoms with Crippen molar-refractivity contribution in [1.29, 1.82) is 0 Å². The second-order valence-corrected chi connectivity index (χ2v) is 6.61. The molecule has 0 spiro atoms. The highest BCUT2D eigenvalue weighted by molar-refractivity contribution is 9.10. The number of nitrogens with two attached hydrogens (primary N) is 1. The van der Waals surface area contributed by atoms with E-state index in [1.54, 1.807) is 6.07 Å². The molecule has 0 aliphatic heterocycles. The van der Waals surface area contributed by atoms with Crippen LogP contribution in [-0.2, 0) is 10.0 Å². The van der Waals surface area contributed by atoms with Gasteiger partial charge >= 0.3 is 0 Å². The first-order valence-electron chi connectivity index (χ1n) is 5.43. The third-order valence-corrected chi connectivity index (χ3v) is 3.30. The van der Waals surface area contributed by atoms with Gasteiger partial charge in [0.2, 0.25) is 10.0 Å². The Morgan fingerprint density at radius 1 is 1.47 bits per heavy atom. The quantitative estimate of drug-likeness (QED) is 0.629. The van der Waals surface area contributed by atoms with Gasteiger partial charge in [-0.1, -0.05) is 0 Å². The van der Waals surface area contributed by atoms with Crippen molar-refractivity contribution in [3.63, 3.8) is 0 Å². The minimum absolute atomic E-state index is 0.148.